The van der Waals surface area contributed by atoms with Crippen molar-refractivity contribution in [3.05, 3.63) is 58.5 Å². The molecule has 0 spiro atoms. The number of benzene rings is 1. The van der Waals surface area contributed by atoms with E-state index >= 15 is 0 Å². The highest BCUT2D eigenvalue weighted by Gasteiger charge is 2.18. The molecule has 2 aromatic heterocycles. The number of rotatable bonds is 5. The first-order chi connectivity index (χ1) is 12.4. The Kier molecular flexibility index (Phi) is 5.29. The van der Waals surface area contributed by atoms with Gasteiger partial charge in [0, 0.05) is 21.7 Å². The van der Waals surface area contributed by atoms with Crippen LogP contribution in [0.2, 0.25) is 10.0 Å². The van der Waals surface area contributed by atoms with E-state index in [1.54, 1.807) is 31.2 Å². The zero-order valence-electron chi connectivity index (χ0n) is 13.5. The zero-order valence-corrected chi connectivity index (χ0v) is 15.1. The van der Waals surface area contributed by atoms with Crippen LogP contribution in [-0.4, -0.2) is 28.1 Å². The van der Waals surface area contributed by atoms with E-state index in [2.05, 4.69) is 20.8 Å². The maximum Gasteiger partial charge on any atom is 0.255 e. The second-order valence-electron chi connectivity index (χ2n) is 5.52. The Balaban J connectivity index is 1.64. The van der Waals surface area contributed by atoms with Crippen LogP contribution >= 0.6 is 23.2 Å². The van der Waals surface area contributed by atoms with E-state index in [0.717, 1.165) is 5.56 Å². The number of furan rings is 1. The minimum Gasteiger partial charge on any atom is -0.472 e. The molecular weight excluding hydrogens is 379 g/mol. The van der Waals surface area contributed by atoms with Crippen LogP contribution in [0.5, 0.6) is 0 Å². The number of carbonyl (C=O) groups is 2. The first kappa shape index (κ1) is 18.0. The lowest BCUT2D eigenvalue weighted by Gasteiger charge is -2.12. The van der Waals surface area contributed by atoms with Crippen LogP contribution in [0.25, 0.3) is 11.3 Å². The van der Waals surface area contributed by atoms with Crippen LogP contribution in [-0.2, 0) is 4.79 Å². The lowest BCUT2D eigenvalue weighted by atomic mass is 10.1. The molecule has 9 heteroatoms. The summed E-state index contributed by atoms with van der Waals surface area (Å²) in [5.74, 6) is -0.507. The second-order valence-corrected chi connectivity index (χ2v) is 6.39. The van der Waals surface area contributed by atoms with Crippen molar-refractivity contribution >= 4 is 40.8 Å². The summed E-state index contributed by atoms with van der Waals surface area (Å²) in [6.45, 7) is 1.57. The van der Waals surface area contributed by atoms with Gasteiger partial charge in [-0.1, -0.05) is 23.2 Å². The fraction of sp³-hybridized carbons (Fsp3) is 0.118. The lowest BCUT2D eigenvalue weighted by Crippen LogP contribution is -2.41. The molecule has 0 radical (unpaired) electrons. The van der Waals surface area contributed by atoms with Crippen molar-refractivity contribution in [3.63, 3.8) is 0 Å². The van der Waals surface area contributed by atoms with Gasteiger partial charge in [-0.3, -0.25) is 14.7 Å². The van der Waals surface area contributed by atoms with Gasteiger partial charge in [-0.15, -0.1) is 0 Å². The van der Waals surface area contributed by atoms with Crippen molar-refractivity contribution in [2.45, 2.75) is 13.0 Å². The predicted octanol–water partition coefficient (Wildman–Crippen LogP) is 3.73. The van der Waals surface area contributed by atoms with E-state index in [-0.39, 0.29) is 0 Å². The van der Waals surface area contributed by atoms with Gasteiger partial charge in [-0.25, -0.2) is 0 Å². The standard InChI is InChI=1S/C17H14Cl2N4O3/c1-9(20-17(25)10-2-3-26-8-10)16(24)21-15-7-14(22-23-15)11-4-12(18)6-13(19)5-11/h2-9H,1H3,(H,20,25)(H2,21,22,23,24)/t9-/m0/s1. The largest absolute Gasteiger partial charge is 0.472 e. The van der Waals surface area contributed by atoms with Crippen LogP contribution in [0.1, 0.15) is 17.3 Å². The van der Waals surface area contributed by atoms with Crippen molar-refractivity contribution in [2.75, 3.05) is 5.32 Å². The van der Waals surface area contributed by atoms with Crippen LogP contribution < -0.4 is 10.6 Å². The first-order valence-electron chi connectivity index (χ1n) is 7.58. The molecule has 0 aliphatic heterocycles. The fourth-order valence-electron chi connectivity index (χ4n) is 2.22. The highest BCUT2D eigenvalue weighted by molar-refractivity contribution is 6.35. The molecule has 3 N–H and O–H groups in total. The minimum absolute atomic E-state index is 0.311. The molecular formula is C17H14Cl2N4O3. The number of nitrogens with one attached hydrogen (secondary N) is 3. The third-order valence-corrected chi connectivity index (χ3v) is 3.96. The summed E-state index contributed by atoms with van der Waals surface area (Å²) in [6.07, 6.45) is 2.68. The van der Waals surface area contributed by atoms with Gasteiger partial charge in [-0.2, -0.15) is 5.10 Å². The maximum absolute atomic E-state index is 12.2. The Morgan fingerprint density at radius 2 is 1.92 bits per heavy atom. The normalized spacial score (nSPS) is 11.8. The Bertz CT molecular complexity index is 917. The number of aromatic amines is 1. The Hall–Kier alpha value is -2.77. The summed E-state index contributed by atoms with van der Waals surface area (Å²) in [4.78, 5) is 24.2. The Morgan fingerprint density at radius 1 is 1.19 bits per heavy atom. The van der Waals surface area contributed by atoms with Gasteiger partial charge in [0.2, 0.25) is 5.91 Å². The molecule has 3 rings (SSSR count). The van der Waals surface area contributed by atoms with Gasteiger partial charge in [0.1, 0.15) is 12.3 Å². The number of nitrogens with zero attached hydrogens (tertiary/aromatic N) is 1. The average molecular weight is 393 g/mol. The number of amides is 2. The monoisotopic (exact) mass is 392 g/mol. The van der Waals surface area contributed by atoms with Crippen LogP contribution in [0.15, 0.2) is 47.3 Å². The number of halogens is 2. The lowest BCUT2D eigenvalue weighted by molar-refractivity contribution is -0.117. The number of hydrogen-bond donors (Lipinski definition) is 3. The molecule has 26 heavy (non-hydrogen) atoms. The van der Waals surface area contributed by atoms with Gasteiger partial charge >= 0.3 is 0 Å². The van der Waals surface area contributed by atoms with E-state index in [9.17, 15) is 9.59 Å². The van der Waals surface area contributed by atoms with Crippen LogP contribution in [0.4, 0.5) is 5.82 Å². The number of carbonyl (C=O) groups excluding carboxylic acids is 2. The van der Waals surface area contributed by atoms with E-state index in [1.807, 2.05) is 0 Å². The van der Waals surface area contributed by atoms with E-state index < -0.39 is 17.9 Å². The van der Waals surface area contributed by atoms with Crippen molar-refractivity contribution in [1.29, 1.82) is 0 Å². The Labute approximate surface area is 158 Å². The first-order valence-corrected chi connectivity index (χ1v) is 8.34. The summed E-state index contributed by atoms with van der Waals surface area (Å²) in [5.41, 5.74) is 1.71. The van der Waals surface area contributed by atoms with Crippen molar-refractivity contribution in [1.82, 2.24) is 15.5 Å². The molecule has 2 amide bonds. The van der Waals surface area contributed by atoms with E-state index in [0.29, 0.717) is 27.1 Å². The molecule has 7 nitrogen and oxygen atoms in total. The van der Waals surface area contributed by atoms with Crippen LogP contribution in [0.3, 0.4) is 0 Å². The number of aromatic nitrogens is 2. The van der Waals surface area contributed by atoms with Crippen molar-refractivity contribution < 1.29 is 14.0 Å². The molecule has 134 valence electrons. The SMILES string of the molecule is C[C@H](NC(=O)c1ccoc1)C(=O)Nc1cc(-c2cc(Cl)cc(Cl)c2)[nH]n1. The molecule has 1 aromatic carbocycles. The number of hydrogen-bond acceptors (Lipinski definition) is 4. The molecule has 0 saturated heterocycles. The third kappa shape index (κ3) is 4.25. The predicted molar refractivity (Wildman–Crippen MR) is 98.3 cm³/mol. The second kappa shape index (κ2) is 7.63. The van der Waals surface area contributed by atoms with Crippen molar-refractivity contribution in [2.24, 2.45) is 0 Å². The van der Waals surface area contributed by atoms with Gasteiger partial charge in [0.05, 0.1) is 17.5 Å². The van der Waals surface area contributed by atoms with Gasteiger partial charge in [0.25, 0.3) is 5.91 Å². The van der Waals surface area contributed by atoms with Crippen molar-refractivity contribution in [3.8, 4) is 11.3 Å². The van der Waals surface area contributed by atoms with Crippen LogP contribution in [0, 0.1) is 0 Å². The molecule has 0 unspecified atom stereocenters. The third-order valence-electron chi connectivity index (χ3n) is 3.53. The summed E-state index contributed by atoms with van der Waals surface area (Å²) in [5, 5.41) is 13.0. The number of H-pyrrole nitrogens is 1. The quantitative estimate of drug-likeness (QED) is 0.615. The van der Waals surface area contributed by atoms with E-state index in [4.69, 9.17) is 27.6 Å². The van der Waals surface area contributed by atoms with Gasteiger partial charge in [0.15, 0.2) is 5.82 Å². The number of anilines is 1. The fourth-order valence-corrected chi connectivity index (χ4v) is 2.74. The highest BCUT2D eigenvalue weighted by atomic mass is 35.5. The topological polar surface area (TPSA) is 100 Å². The summed E-state index contributed by atoms with van der Waals surface area (Å²) in [6, 6.07) is 7.45. The smallest absolute Gasteiger partial charge is 0.255 e. The molecule has 1 atom stereocenters. The molecule has 0 aliphatic rings. The summed E-state index contributed by atoms with van der Waals surface area (Å²) in [7, 11) is 0. The van der Waals surface area contributed by atoms with E-state index in [1.165, 1.54) is 18.6 Å². The molecule has 0 aliphatic carbocycles. The van der Waals surface area contributed by atoms with Gasteiger partial charge < -0.3 is 15.1 Å². The molecule has 0 bridgehead atoms. The minimum atomic E-state index is -0.766. The average Bonchev–Trinajstić information content (AvgIpc) is 3.25. The summed E-state index contributed by atoms with van der Waals surface area (Å²) < 4.78 is 4.84. The van der Waals surface area contributed by atoms with Gasteiger partial charge in [-0.05, 0) is 31.2 Å². The maximum atomic E-state index is 12.2. The Morgan fingerprint density at radius 3 is 2.58 bits per heavy atom. The summed E-state index contributed by atoms with van der Waals surface area (Å²) >= 11 is 12.0. The molecule has 0 fully saturated rings. The molecule has 0 saturated carbocycles. The molecule has 3 aromatic rings. The zero-order chi connectivity index (χ0) is 18.7. The highest BCUT2D eigenvalue weighted by Crippen LogP contribution is 2.27. The molecule has 2 heterocycles.